The molecule has 6 heteroatoms. The lowest BCUT2D eigenvalue weighted by atomic mass is 10.0. The molecule has 9 aromatic rings. The minimum atomic E-state index is 0.602. The quantitative estimate of drug-likeness (QED) is 0.207. The van der Waals surface area contributed by atoms with E-state index in [1.165, 1.54) is 5.39 Å². The third-order valence-corrected chi connectivity index (χ3v) is 9.01. The second kappa shape index (κ2) is 9.93. The fraction of sp³-hybridized carbons (Fsp3) is 0. The van der Waals surface area contributed by atoms with Crippen molar-refractivity contribution >= 4 is 54.3 Å². The number of furan rings is 1. The standard InChI is InChI=1S/C38H22N4OS/c1-3-11-24(12-4-1)35-40-36(27-19-18-23-10-7-8-15-26(23)20-27)42-37(41-35)28-16-9-17-31-34(28)29-21-33-30(22-32(29)43-31)39-38(44-33)25-13-5-2-6-14-25/h1-22H. The summed E-state index contributed by atoms with van der Waals surface area (Å²) in [5.41, 5.74) is 6.37. The van der Waals surface area contributed by atoms with E-state index in [0.717, 1.165) is 64.8 Å². The van der Waals surface area contributed by atoms with Crippen molar-refractivity contribution in [3.05, 3.63) is 133 Å². The zero-order valence-electron chi connectivity index (χ0n) is 23.3. The van der Waals surface area contributed by atoms with Gasteiger partial charge < -0.3 is 4.42 Å². The highest BCUT2D eigenvalue weighted by molar-refractivity contribution is 7.21. The van der Waals surface area contributed by atoms with Crippen LogP contribution >= 0.6 is 11.3 Å². The number of benzene rings is 6. The van der Waals surface area contributed by atoms with Crippen LogP contribution in [0, 0.1) is 0 Å². The molecule has 6 aromatic carbocycles. The Kier molecular flexibility index (Phi) is 5.61. The maximum atomic E-state index is 6.41. The van der Waals surface area contributed by atoms with Crippen LogP contribution in [0.5, 0.6) is 0 Å². The summed E-state index contributed by atoms with van der Waals surface area (Å²) in [5, 5.41) is 5.30. The van der Waals surface area contributed by atoms with Crippen molar-refractivity contribution in [2.45, 2.75) is 0 Å². The first-order chi connectivity index (χ1) is 21.8. The summed E-state index contributed by atoms with van der Waals surface area (Å²) in [5.74, 6) is 1.85. The van der Waals surface area contributed by atoms with Crippen LogP contribution < -0.4 is 0 Å². The molecule has 0 atom stereocenters. The van der Waals surface area contributed by atoms with Gasteiger partial charge in [-0.1, -0.05) is 109 Å². The molecule has 0 radical (unpaired) electrons. The van der Waals surface area contributed by atoms with Gasteiger partial charge in [0.05, 0.1) is 10.2 Å². The summed E-state index contributed by atoms with van der Waals surface area (Å²) in [6, 6.07) is 45.3. The number of hydrogen-bond acceptors (Lipinski definition) is 6. The smallest absolute Gasteiger partial charge is 0.164 e. The van der Waals surface area contributed by atoms with E-state index in [2.05, 4.69) is 60.7 Å². The molecule has 0 unspecified atom stereocenters. The molecule has 0 aliphatic heterocycles. The molecule has 9 rings (SSSR count). The third-order valence-electron chi connectivity index (χ3n) is 7.94. The first-order valence-corrected chi connectivity index (χ1v) is 15.2. The van der Waals surface area contributed by atoms with E-state index in [4.69, 9.17) is 24.4 Å². The zero-order chi connectivity index (χ0) is 29.0. The van der Waals surface area contributed by atoms with Crippen molar-refractivity contribution in [2.24, 2.45) is 0 Å². The molecule has 0 N–H and O–H groups in total. The van der Waals surface area contributed by atoms with Crippen molar-refractivity contribution in [1.82, 2.24) is 19.9 Å². The minimum Gasteiger partial charge on any atom is -0.456 e. The molecule has 3 aromatic heterocycles. The fourth-order valence-electron chi connectivity index (χ4n) is 5.81. The maximum absolute atomic E-state index is 6.41. The average Bonchev–Trinajstić information content (AvgIpc) is 3.68. The molecule has 206 valence electrons. The van der Waals surface area contributed by atoms with Crippen LogP contribution in [-0.2, 0) is 0 Å². The molecule has 0 saturated heterocycles. The van der Waals surface area contributed by atoms with Gasteiger partial charge in [-0.2, -0.15) is 0 Å². The molecule has 5 nitrogen and oxygen atoms in total. The summed E-state index contributed by atoms with van der Waals surface area (Å²) in [7, 11) is 0. The van der Waals surface area contributed by atoms with Crippen molar-refractivity contribution in [3.8, 4) is 44.7 Å². The molecule has 44 heavy (non-hydrogen) atoms. The van der Waals surface area contributed by atoms with Crippen LogP contribution in [0.1, 0.15) is 0 Å². The van der Waals surface area contributed by atoms with Gasteiger partial charge in [0.2, 0.25) is 0 Å². The van der Waals surface area contributed by atoms with Gasteiger partial charge >= 0.3 is 0 Å². The average molecular weight is 583 g/mol. The zero-order valence-corrected chi connectivity index (χ0v) is 24.1. The Bertz CT molecular complexity index is 2500. The maximum Gasteiger partial charge on any atom is 0.164 e. The summed E-state index contributed by atoms with van der Waals surface area (Å²) in [6.45, 7) is 0. The van der Waals surface area contributed by atoms with Crippen LogP contribution in [0.4, 0.5) is 0 Å². The van der Waals surface area contributed by atoms with E-state index in [1.54, 1.807) is 11.3 Å². The van der Waals surface area contributed by atoms with Crippen LogP contribution in [0.2, 0.25) is 0 Å². The lowest BCUT2D eigenvalue weighted by molar-refractivity contribution is 0.669. The van der Waals surface area contributed by atoms with Gasteiger partial charge in [-0.15, -0.1) is 11.3 Å². The van der Waals surface area contributed by atoms with Crippen LogP contribution in [0.25, 0.3) is 87.7 Å². The number of rotatable bonds is 4. The number of fused-ring (bicyclic) bond motifs is 5. The molecule has 0 amide bonds. The molecule has 0 spiro atoms. The van der Waals surface area contributed by atoms with E-state index in [1.807, 2.05) is 72.8 Å². The van der Waals surface area contributed by atoms with Crippen molar-refractivity contribution in [2.75, 3.05) is 0 Å². The van der Waals surface area contributed by atoms with E-state index in [9.17, 15) is 0 Å². The highest BCUT2D eigenvalue weighted by atomic mass is 32.1. The van der Waals surface area contributed by atoms with E-state index in [0.29, 0.717) is 17.5 Å². The molecule has 0 saturated carbocycles. The first kappa shape index (κ1) is 24.8. The second-order valence-corrected chi connectivity index (χ2v) is 11.7. The lowest BCUT2D eigenvalue weighted by Gasteiger charge is -2.10. The Morgan fingerprint density at radius 2 is 1.18 bits per heavy atom. The van der Waals surface area contributed by atoms with Crippen molar-refractivity contribution in [1.29, 1.82) is 0 Å². The molecule has 0 fully saturated rings. The van der Waals surface area contributed by atoms with Crippen molar-refractivity contribution in [3.63, 3.8) is 0 Å². The molecule has 0 aliphatic rings. The number of aromatic nitrogens is 4. The third kappa shape index (κ3) is 4.15. The molecule has 0 bridgehead atoms. The summed E-state index contributed by atoms with van der Waals surface area (Å²) < 4.78 is 7.51. The Labute approximate surface area is 256 Å². The van der Waals surface area contributed by atoms with Gasteiger partial charge in [-0.05, 0) is 29.0 Å². The number of nitrogens with zero attached hydrogens (tertiary/aromatic N) is 4. The van der Waals surface area contributed by atoms with Crippen molar-refractivity contribution < 1.29 is 4.42 Å². The largest absolute Gasteiger partial charge is 0.456 e. The lowest BCUT2D eigenvalue weighted by Crippen LogP contribution is -2.00. The SMILES string of the molecule is c1ccc(-c2nc(-c3ccc4ccccc4c3)nc(-c3cccc4oc5cc6nc(-c7ccccc7)sc6cc5c34)n2)cc1. The normalized spacial score (nSPS) is 11.6. The minimum absolute atomic E-state index is 0.602. The van der Waals surface area contributed by atoms with Gasteiger partial charge in [0.25, 0.3) is 0 Å². The van der Waals surface area contributed by atoms with E-state index < -0.39 is 0 Å². The Morgan fingerprint density at radius 1 is 0.477 bits per heavy atom. The van der Waals surface area contributed by atoms with Crippen LogP contribution in [0.15, 0.2) is 138 Å². The summed E-state index contributed by atoms with van der Waals surface area (Å²) in [6.07, 6.45) is 0. The van der Waals surface area contributed by atoms with Crippen LogP contribution in [0.3, 0.4) is 0 Å². The highest BCUT2D eigenvalue weighted by Gasteiger charge is 2.19. The highest BCUT2D eigenvalue weighted by Crippen LogP contribution is 2.40. The van der Waals surface area contributed by atoms with Gasteiger partial charge in [0, 0.05) is 39.1 Å². The molecule has 0 aliphatic carbocycles. The van der Waals surface area contributed by atoms with Crippen LogP contribution in [-0.4, -0.2) is 19.9 Å². The van der Waals surface area contributed by atoms with E-state index in [-0.39, 0.29) is 0 Å². The molecular weight excluding hydrogens is 561 g/mol. The van der Waals surface area contributed by atoms with Gasteiger partial charge in [0.1, 0.15) is 16.2 Å². The molecular formula is C38H22N4OS. The molecule has 3 heterocycles. The monoisotopic (exact) mass is 582 g/mol. The fourth-order valence-corrected chi connectivity index (χ4v) is 6.80. The summed E-state index contributed by atoms with van der Waals surface area (Å²) >= 11 is 1.69. The predicted molar refractivity (Wildman–Crippen MR) is 180 cm³/mol. The second-order valence-electron chi connectivity index (χ2n) is 10.7. The number of hydrogen-bond donors (Lipinski definition) is 0. The Morgan fingerprint density at radius 3 is 2.00 bits per heavy atom. The van der Waals surface area contributed by atoms with E-state index >= 15 is 0 Å². The Hall–Kier alpha value is -5.72. The first-order valence-electron chi connectivity index (χ1n) is 14.4. The predicted octanol–water partition coefficient (Wildman–Crippen LogP) is 10.2. The topological polar surface area (TPSA) is 64.7 Å². The number of thiazole rings is 1. The van der Waals surface area contributed by atoms with Gasteiger partial charge in [-0.3, -0.25) is 0 Å². The summed E-state index contributed by atoms with van der Waals surface area (Å²) in [4.78, 5) is 20.0. The van der Waals surface area contributed by atoms with Gasteiger partial charge in [-0.25, -0.2) is 19.9 Å². The Balaban J connectivity index is 1.27. The van der Waals surface area contributed by atoms with Gasteiger partial charge in [0.15, 0.2) is 17.5 Å².